The van der Waals surface area contributed by atoms with Crippen LogP contribution in [0.25, 0.3) is 10.9 Å². The monoisotopic (exact) mass is 331 g/mol. The zero-order valence-corrected chi connectivity index (χ0v) is 15.9. The molecule has 0 radical (unpaired) electrons. The molecule has 0 aliphatic heterocycles. The number of hydrogen-bond donors (Lipinski definition) is 0. The molecule has 2 aromatic rings. The third kappa shape index (κ3) is 4.53. The van der Waals surface area contributed by atoms with Gasteiger partial charge in [0.15, 0.2) is 0 Å². The third-order valence-electron chi connectivity index (χ3n) is 3.59. The summed E-state index contributed by atoms with van der Waals surface area (Å²) >= 11 is 0. The van der Waals surface area contributed by atoms with Crippen LogP contribution in [0.3, 0.4) is 0 Å². The number of carbonyl (C=O) groups excluding carboxylic acids is 1. The molecule has 4 heteroatoms. The van der Waals surface area contributed by atoms with E-state index in [0.717, 1.165) is 23.2 Å². The van der Waals surface area contributed by atoms with Crippen molar-refractivity contribution in [3.63, 3.8) is 0 Å². The van der Waals surface area contributed by atoms with Crippen LogP contribution < -0.4 is 4.74 Å². The fourth-order valence-electron chi connectivity index (χ4n) is 2.57. The van der Waals surface area contributed by atoms with E-state index in [1.807, 2.05) is 45.2 Å². The first-order valence-corrected chi connectivity index (χ1v) is 8.34. The number of ether oxygens (including phenoxy) is 2. The topological polar surface area (TPSA) is 40.5 Å². The summed E-state index contributed by atoms with van der Waals surface area (Å²) in [5, 5.41) is 0.873. The van der Waals surface area contributed by atoms with Crippen LogP contribution in [0, 0.1) is 10.8 Å². The second-order valence-corrected chi connectivity index (χ2v) is 8.75. The van der Waals surface area contributed by atoms with Crippen molar-refractivity contribution in [1.29, 1.82) is 0 Å². The number of benzene rings is 1. The van der Waals surface area contributed by atoms with Crippen molar-refractivity contribution in [2.75, 3.05) is 13.7 Å². The van der Waals surface area contributed by atoms with Gasteiger partial charge in [-0.15, -0.1) is 0 Å². The fraction of sp³-hybridized carbons (Fsp3) is 0.550. The number of fused-ring (bicyclic) bond motifs is 1. The van der Waals surface area contributed by atoms with E-state index >= 15 is 0 Å². The Morgan fingerprint density at radius 3 is 2.29 bits per heavy atom. The van der Waals surface area contributed by atoms with Crippen LogP contribution in [0.1, 0.15) is 51.9 Å². The molecule has 0 aliphatic carbocycles. The number of hydrogen-bond acceptors (Lipinski definition) is 3. The number of carbonyl (C=O) groups is 1. The molecule has 0 atom stereocenters. The molecule has 0 bridgehead atoms. The fourth-order valence-corrected chi connectivity index (χ4v) is 2.57. The highest BCUT2D eigenvalue weighted by molar-refractivity contribution is 6.04. The molecule has 2 rings (SSSR count). The van der Waals surface area contributed by atoms with Crippen molar-refractivity contribution in [2.24, 2.45) is 10.8 Å². The quantitative estimate of drug-likeness (QED) is 0.748. The van der Waals surface area contributed by atoms with Crippen LogP contribution in [0.4, 0.5) is 0 Å². The van der Waals surface area contributed by atoms with Gasteiger partial charge in [-0.2, -0.15) is 0 Å². The molecule has 0 amide bonds. The Morgan fingerprint density at radius 1 is 1.08 bits per heavy atom. The summed E-state index contributed by atoms with van der Waals surface area (Å²) in [6.07, 6.45) is 1.90. The molecule has 0 aliphatic rings. The van der Waals surface area contributed by atoms with Crippen LogP contribution in [0.2, 0.25) is 0 Å². The number of nitrogens with zero attached hydrogens (tertiary/aromatic N) is 1. The van der Waals surface area contributed by atoms with Gasteiger partial charge in [0.25, 0.3) is 0 Å². The Morgan fingerprint density at radius 2 is 1.75 bits per heavy atom. The van der Waals surface area contributed by atoms with Crippen molar-refractivity contribution in [2.45, 2.75) is 48.1 Å². The van der Waals surface area contributed by atoms with Gasteiger partial charge in [-0.25, -0.2) is 4.79 Å². The molecule has 1 aromatic heterocycles. The second-order valence-electron chi connectivity index (χ2n) is 8.75. The van der Waals surface area contributed by atoms with Gasteiger partial charge in [0, 0.05) is 23.6 Å². The third-order valence-corrected chi connectivity index (χ3v) is 3.59. The largest absolute Gasteiger partial charge is 0.497 e. The maximum absolute atomic E-state index is 12.6. The van der Waals surface area contributed by atoms with Gasteiger partial charge in [0.05, 0.1) is 19.3 Å². The second kappa shape index (κ2) is 6.50. The lowest BCUT2D eigenvalue weighted by molar-refractivity contribution is 0.0369. The lowest BCUT2D eigenvalue weighted by Gasteiger charge is -2.19. The normalized spacial score (nSPS) is 12.5. The van der Waals surface area contributed by atoms with E-state index in [2.05, 4.69) is 25.3 Å². The van der Waals surface area contributed by atoms with Gasteiger partial charge >= 0.3 is 5.97 Å². The molecule has 24 heavy (non-hydrogen) atoms. The lowest BCUT2D eigenvalue weighted by atomic mass is 9.97. The van der Waals surface area contributed by atoms with Crippen molar-refractivity contribution < 1.29 is 14.3 Å². The predicted octanol–water partition coefficient (Wildman–Crippen LogP) is 4.90. The summed E-state index contributed by atoms with van der Waals surface area (Å²) in [5.41, 5.74) is 1.67. The average Bonchev–Trinajstić information content (AvgIpc) is 2.80. The number of rotatable bonds is 4. The van der Waals surface area contributed by atoms with Gasteiger partial charge in [-0.1, -0.05) is 41.5 Å². The van der Waals surface area contributed by atoms with Gasteiger partial charge in [-0.05, 0) is 29.0 Å². The molecule has 132 valence electrons. The highest BCUT2D eigenvalue weighted by atomic mass is 16.5. The Hall–Kier alpha value is -1.97. The standard InChI is InChI=1S/C20H29NO3/c1-19(2,3)12-21-11-16(18(22)24-13-20(4,5)6)15-10-14(23-7)8-9-17(15)21/h8-11H,12-13H2,1-7H3. The number of aromatic nitrogens is 1. The maximum atomic E-state index is 12.6. The summed E-state index contributed by atoms with van der Waals surface area (Å²) in [6, 6.07) is 5.83. The van der Waals surface area contributed by atoms with Crippen molar-refractivity contribution in [3.05, 3.63) is 30.0 Å². The minimum atomic E-state index is -0.282. The zero-order valence-electron chi connectivity index (χ0n) is 15.9. The summed E-state index contributed by atoms with van der Waals surface area (Å²) in [5.74, 6) is 0.455. The molecule has 1 aromatic carbocycles. The van der Waals surface area contributed by atoms with E-state index in [1.165, 1.54) is 0 Å². The maximum Gasteiger partial charge on any atom is 0.340 e. The summed E-state index contributed by atoms with van der Waals surface area (Å²) in [7, 11) is 1.63. The number of methoxy groups -OCH3 is 1. The Labute approximate surface area is 144 Å². The SMILES string of the molecule is COc1ccc2c(c1)c(C(=O)OCC(C)(C)C)cn2CC(C)(C)C. The first-order valence-electron chi connectivity index (χ1n) is 8.34. The molecule has 1 heterocycles. The summed E-state index contributed by atoms with van der Waals surface area (Å²) in [6.45, 7) is 13.9. The molecular formula is C20H29NO3. The van der Waals surface area contributed by atoms with Crippen LogP contribution in [0.5, 0.6) is 5.75 Å². The Kier molecular flexibility index (Phi) is 4.97. The van der Waals surface area contributed by atoms with Crippen LogP contribution in [-0.4, -0.2) is 24.3 Å². The van der Waals surface area contributed by atoms with Gasteiger partial charge in [-0.3, -0.25) is 0 Å². The van der Waals surface area contributed by atoms with Crippen molar-refractivity contribution >= 4 is 16.9 Å². The smallest absolute Gasteiger partial charge is 0.340 e. The zero-order chi connectivity index (χ0) is 18.1. The van der Waals surface area contributed by atoms with Crippen molar-refractivity contribution in [1.82, 2.24) is 4.57 Å². The van der Waals surface area contributed by atoms with E-state index in [1.54, 1.807) is 7.11 Å². The van der Waals surface area contributed by atoms with Crippen molar-refractivity contribution in [3.8, 4) is 5.75 Å². The van der Waals surface area contributed by atoms with E-state index in [9.17, 15) is 4.79 Å². The Balaban J connectivity index is 2.45. The van der Waals surface area contributed by atoms with Crippen LogP contribution >= 0.6 is 0 Å². The first-order chi connectivity index (χ1) is 11.0. The van der Waals surface area contributed by atoms with Crippen LogP contribution in [0.15, 0.2) is 24.4 Å². The van der Waals surface area contributed by atoms with E-state index in [0.29, 0.717) is 12.2 Å². The molecule has 0 fully saturated rings. The predicted molar refractivity (Wildman–Crippen MR) is 97.7 cm³/mol. The highest BCUT2D eigenvalue weighted by Crippen LogP contribution is 2.29. The summed E-state index contributed by atoms with van der Waals surface area (Å²) < 4.78 is 13.0. The van der Waals surface area contributed by atoms with E-state index < -0.39 is 0 Å². The average molecular weight is 331 g/mol. The minimum Gasteiger partial charge on any atom is -0.497 e. The van der Waals surface area contributed by atoms with E-state index in [-0.39, 0.29) is 16.8 Å². The number of esters is 1. The molecule has 0 spiro atoms. The molecular weight excluding hydrogens is 302 g/mol. The van der Waals surface area contributed by atoms with Crippen LogP contribution in [-0.2, 0) is 11.3 Å². The van der Waals surface area contributed by atoms with Gasteiger partial charge < -0.3 is 14.0 Å². The minimum absolute atomic E-state index is 0.0584. The first kappa shape index (κ1) is 18.4. The van der Waals surface area contributed by atoms with Gasteiger partial charge in [0.1, 0.15) is 5.75 Å². The Bertz CT molecular complexity index is 730. The molecule has 0 unspecified atom stereocenters. The molecule has 0 N–H and O–H groups in total. The summed E-state index contributed by atoms with van der Waals surface area (Å²) in [4.78, 5) is 12.6. The molecule has 0 saturated carbocycles. The van der Waals surface area contributed by atoms with Gasteiger partial charge in [0.2, 0.25) is 0 Å². The lowest BCUT2D eigenvalue weighted by Crippen LogP contribution is -2.18. The molecule has 4 nitrogen and oxygen atoms in total. The van der Waals surface area contributed by atoms with E-state index in [4.69, 9.17) is 9.47 Å². The highest BCUT2D eigenvalue weighted by Gasteiger charge is 2.22. The molecule has 0 saturated heterocycles.